The van der Waals surface area contributed by atoms with E-state index in [2.05, 4.69) is 26.1 Å². The molecule has 1 unspecified atom stereocenters. The van der Waals surface area contributed by atoms with Gasteiger partial charge in [-0.25, -0.2) is 19.2 Å². The number of nitrogen functional groups attached to an aromatic ring is 1. The molecule has 3 aromatic heterocycles. The summed E-state index contributed by atoms with van der Waals surface area (Å²) in [5, 5.41) is 14.3. The van der Waals surface area contributed by atoms with Crippen molar-refractivity contribution in [2.24, 2.45) is 7.05 Å². The molecular weight excluding hydrogens is 429 g/mol. The van der Waals surface area contributed by atoms with E-state index in [0.29, 0.717) is 34.0 Å². The summed E-state index contributed by atoms with van der Waals surface area (Å²) in [6.07, 6.45) is 0.683. The van der Waals surface area contributed by atoms with Crippen molar-refractivity contribution in [3.63, 3.8) is 0 Å². The van der Waals surface area contributed by atoms with Gasteiger partial charge in [-0.05, 0) is 32.0 Å². The van der Waals surface area contributed by atoms with Crippen LogP contribution in [0.4, 0.5) is 10.2 Å². The maximum Gasteiger partial charge on any atom is 0.368 e. The SMILES string of the molecule is Cc1nc(=O)n2n1Cc1nn(C)c(C#N)c1-c1cnc(N)c(n1)OC(C)c1cc(F)ccc1-2. The van der Waals surface area contributed by atoms with Crippen molar-refractivity contribution in [2.45, 2.75) is 26.5 Å². The predicted molar refractivity (Wildman–Crippen MR) is 114 cm³/mol. The second-order valence-corrected chi connectivity index (χ2v) is 7.63. The lowest BCUT2D eigenvalue weighted by atomic mass is 10.1. The zero-order valence-electron chi connectivity index (χ0n) is 17.9. The third kappa shape index (κ3) is 3.13. The summed E-state index contributed by atoms with van der Waals surface area (Å²) in [6, 6.07) is 6.17. The van der Waals surface area contributed by atoms with E-state index < -0.39 is 17.6 Å². The number of ether oxygens (including phenoxy) is 1. The van der Waals surface area contributed by atoms with Gasteiger partial charge < -0.3 is 10.5 Å². The molecule has 5 rings (SSSR count). The van der Waals surface area contributed by atoms with Crippen LogP contribution in [0.25, 0.3) is 16.9 Å². The molecule has 4 heterocycles. The topological polar surface area (TPSA) is 142 Å². The Morgan fingerprint density at radius 3 is 2.88 bits per heavy atom. The van der Waals surface area contributed by atoms with Gasteiger partial charge in [-0.2, -0.15) is 20.0 Å². The monoisotopic (exact) mass is 447 g/mol. The second-order valence-electron chi connectivity index (χ2n) is 7.63. The highest BCUT2D eigenvalue weighted by Crippen LogP contribution is 2.33. The smallest absolute Gasteiger partial charge is 0.368 e. The quantitative estimate of drug-likeness (QED) is 0.428. The number of rotatable bonds is 0. The zero-order valence-corrected chi connectivity index (χ0v) is 17.9. The van der Waals surface area contributed by atoms with Gasteiger partial charge in [0.25, 0.3) is 5.88 Å². The molecule has 0 aliphatic carbocycles. The van der Waals surface area contributed by atoms with Crippen molar-refractivity contribution in [1.29, 1.82) is 5.26 Å². The van der Waals surface area contributed by atoms with Crippen molar-refractivity contribution >= 4 is 5.82 Å². The Bertz CT molecular complexity index is 1530. The van der Waals surface area contributed by atoms with Crippen LogP contribution in [0.3, 0.4) is 0 Å². The first kappa shape index (κ1) is 20.4. The molecule has 2 bridgehead atoms. The molecule has 0 amide bonds. The minimum Gasteiger partial charge on any atom is -0.467 e. The van der Waals surface area contributed by atoms with Gasteiger partial charge in [-0.1, -0.05) is 0 Å². The summed E-state index contributed by atoms with van der Waals surface area (Å²) in [4.78, 5) is 25.6. The summed E-state index contributed by atoms with van der Waals surface area (Å²) in [5.74, 6) is -0.0279. The Hall–Kier alpha value is -4.53. The molecule has 166 valence electrons. The highest BCUT2D eigenvalue weighted by molar-refractivity contribution is 5.69. The van der Waals surface area contributed by atoms with Crippen LogP contribution >= 0.6 is 0 Å². The molecule has 0 radical (unpaired) electrons. The predicted octanol–water partition coefficient (Wildman–Crippen LogP) is 1.63. The molecule has 2 N–H and O–H groups in total. The van der Waals surface area contributed by atoms with Crippen LogP contribution in [-0.2, 0) is 13.6 Å². The number of hydrogen-bond acceptors (Lipinski definition) is 8. The number of aryl methyl sites for hydroxylation is 2. The number of nitrogens with two attached hydrogens (primary N) is 1. The van der Waals surface area contributed by atoms with Crippen LogP contribution in [0.15, 0.2) is 29.2 Å². The number of hydrogen-bond donors (Lipinski definition) is 1. The average Bonchev–Trinajstić information content (AvgIpc) is 3.23. The molecule has 33 heavy (non-hydrogen) atoms. The van der Waals surface area contributed by atoms with Crippen LogP contribution in [0, 0.1) is 24.1 Å². The van der Waals surface area contributed by atoms with E-state index in [0.717, 1.165) is 0 Å². The summed E-state index contributed by atoms with van der Waals surface area (Å²) in [6.45, 7) is 3.47. The number of halogens is 1. The Balaban J connectivity index is 1.89. The maximum atomic E-state index is 14.2. The van der Waals surface area contributed by atoms with Gasteiger partial charge in [0.2, 0.25) is 0 Å². The summed E-state index contributed by atoms with van der Waals surface area (Å²) in [7, 11) is 1.64. The molecule has 1 atom stereocenters. The van der Waals surface area contributed by atoms with Crippen molar-refractivity contribution in [3.05, 3.63) is 63.5 Å². The van der Waals surface area contributed by atoms with Crippen molar-refractivity contribution in [2.75, 3.05) is 5.73 Å². The number of nitrogens with zero attached hydrogens (tertiary/aromatic N) is 8. The second kappa shape index (κ2) is 7.27. The number of anilines is 1. The van der Waals surface area contributed by atoms with Gasteiger partial charge in [0.05, 0.1) is 35.4 Å². The first-order chi connectivity index (χ1) is 15.8. The summed E-state index contributed by atoms with van der Waals surface area (Å²) in [5.41, 5.74) is 7.73. The Morgan fingerprint density at radius 1 is 1.33 bits per heavy atom. The first-order valence-corrected chi connectivity index (χ1v) is 10.00. The Morgan fingerprint density at radius 2 is 2.12 bits per heavy atom. The molecule has 0 fully saturated rings. The van der Waals surface area contributed by atoms with Gasteiger partial charge in [0.15, 0.2) is 5.82 Å². The number of benzene rings is 1. The minimum absolute atomic E-state index is 0.0199. The molecule has 0 saturated heterocycles. The Labute approximate surface area is 186 Å². The van der Waals surface area contributed by atoms with E-state index in [1.54, 1.807) is 25.6 Å². The molecule has 1 aliphatic rings. The zero-order chi connectivity index (χ0) is 23.4. The van der Waals surface area contributed by atoms with Crippen molar-refractivity contribution < 1.29 is 9.13 Å². The van der Waals surface area contributed by atoms with Gasteiger partial charge >= 0.3 is 5.69 Å². The normalized spacial score (nSPS) is 14.7. The van der Waals surface area contributed by atoms with E-state index in [4.69, 9.17) is 10.5 Å². The van der Waals surface area contributed by atoms with E-state index in [9.17, 15) is 14.4 Å². The van der Waals surface area contributed by atoms with Gasteiger partial charge in [-0.3, -0.25) is 9.36 Å². The lowest BCUT2D eigenvalue weighted by Crippen LogP contribution is -2.25. The number of fused-ring (bicyclic) bond motifs is 7. The standard InChI is InChI=1S/C21H18FN9O2/c1-10-13-6-12(22)4-5-16(13)31-21(32)26-11(2)30(31)9-15-18(17(7-23)29(3)28-15)14-8-25-19(24)20(27-14)33-10/h4-6,8,10H,9H2,1-3H3,(H2,24,25). The van der Waals surface area contributed by atoms with E-state index in [-0.39, 0.29) is 23.9 Å². The largest absolute Gasteiger partial charge is 0.467 e. The minimum atomic E-state index is -0.749. The molecule has 0 spiro atoms. The van der Waals surface area contributed by atoms with E-state index in [1.165, 1.54) is 33.8 Å². The highest BCUT2D eigenvalue weighted by atomic mass is 19.1. The molecule has 0 saturated carbocycles. The average molecular weight is 447 g/mol. The van der Waals surface area contributed by atoms with Crippen molar-refractivity contribution in [1.82, 2.24) is 34.1 Å². The van der Waals surface area contributed by atoms with Gasteiger partial charge in [0, 0.05) is 12.6 Å². The molecular formula is C21H18FN9O2. The third-order valence-corrected chi connectivity index (χ3v) is 5.55. The maximum absolute atomic E-state index is 14.2. The van der Waals surface area contributed by atoms with Crippen molar-refractivity contribution in [3.8, 4) is 28.9 Å². The molecule has 4 aromatic rings. The number of nitriles is 1. The molecule has 11 nitrogen and oxygen atoms in total. The first-order valence-electron chi connectivity index (χ1n) is 10.00. The van der Waals surface area contributed by atoms with Gasteiger partial charge in [-0.15, -0.1) is 0 Å². The fourth-order valence-electron chi connectivity index (χ4n) is 4.00. The van der Waals surface area contributed by atoms with Crippen LogP contribution in [0.5, 0.6) is 5.88 Å². The summed E-state index contributed by atoms with van der Waals surface area (Å²) >= 11 is 0. The van der Waals surface area contributed by atoms with Crippen LogP contribution in [0.1, 0.15) is 35.8 Å². The lowest BCUT2D eigenvalue weighted by molar-refractivity contribution is 0.217. The number of aromatic nitrogens is 7. The van der Waals surface area contributed by atoms with Crippen LogP contribution in [0.2, 0.25) is 0 Å². The molecule has 12 heteroatoms. The molecule has 1 aromatic carbocycles. The van der Waals surface area contributed by atoms with Crippen LogP contribution < -0.4 is 16.2 Å². The van der Waals surface area contributed by atoms with E-state index in [1.807, 2.05) is 0 Å². The fourth-order valence-corrected chi connectivity index (χ4v) is 4.00. The lowest BCUT2D eigenvalue weighted by Gasteiger charge is -2.21. The Kier molecular flexibility index (Phi) is 4.49. The summed E-state index contributed by atoms with van der Waals surface area (Å²) < 4.78 is 24.6. The third-order valence-electron chi connectivity index (χ3n) is 5.55. The van der Waals surface area contributed by atoms with E-state index >= 15 is 0 Å². The fraction of sp³-hybridized carbons (Fsp3) is 0.238. The van der Waals surface area contributed by atoms with Crippen LogP contribution in [-0.4, -0.2) is 34.1 Å². The molecule has 1 aliphatic heterocycles. The van der Waals surface area contributed by atoms with Gasteiger partial charge in [0.1, 0.15) is 29.5 Å². The highest BCUT2D eigenvalue weighted by Gasteiger charge is 2.26.